The number of benzene rings is 3. The summed E-state index contributed by atoms with van der Waals surface area (Å²) in [5, 5.41) is 18.4. The van der Waals surface area contributed by atoms with Gasteiger partial charge in [-0.25, -0.2) is 9.18 Å². The van der Waals surface area contributed by atoms with E-state index in [1.165, 1.54) is 61.7 Å². The molecule has 13 heteroatoms. The first-order chi connectivity index (χ1) is 19.0. The summed E-state index contributed by atoms with van der Waals surface area (Å²) in [7, 11) is 1.18. The van der Waals surface area contributed by atoms with Crippen LogP contribution in [-0.4, -0.2) is 41.8 Å². The number of carbonyl (C=O) groups excluding carboxylic acids is 3. The molecule has 2 heterocycles. The average molecular weight is 603 g/mol. The highest BCUT2D eigenvalue weighted by Crippen LogP contribution is 2.54. The molecule has 3 aromatic carbocycles. The summed E-state index contributed by atoms with van der Waals surface area (Å²) in [6.07, 6.45) is -0.503. The number of Topliss-reactive ketones (excluding diaryl/α,β-unsaturated/α-hetero) is 1. The smallest absolute Gasteiger partial charge is 0.337 e. The van der Waals surface area contributed by atoms with Crippen LogP contribution in [-0.2, 0) is 15.1 Å². The quantitative estimate of drug-likeness (QED) is 0.118. The van der Waals surface area contributed by atoms with E-state index < -0.39 is 58.4 Å². The number of nitrogens with zero attached hydrogens (tertiary/aromatic N) is 1. The summed E-state index contributed by atoms with van der Waals surface area (Å²) >= 11 is 12.2. The van der Waals surface area contributed by atoms with Gasteiger partial charge in [-0.15, -0.1) is 0 Å². The number of amides is 1. The van der Waals surface area contributed by atoms with Crippen LogP contribution < -0.4 is 16.4 Å². The first-order valence-electron chi connectivity index (χ1n) is 12.0. The van der Waals surface area contributed by atoms with E-state index in [1.54, 1.807) is 0 Å². The number of nitro groups is 1. The number of hydrogen-bond acceptors (Lipinski definition) is 8. The van der Waals surface area contributed by atoms with Crippen molar-refractivity contribution in [1.82, 2.24) is 5.32 Å². The van der Waals surface area contributed by atoms with Crippen molar-refractivity contribution in [3.05, 3.63) is 103 Å². The van der Waals surface area contributed by atoms with Crippen LogP contribution in [0.25, 0.3) is 0 Å². The van der Waals surface area contributed by atoms with Crippen LogP contribution in [0.5, 0.6) is 0 Å². The largest absolute Gasteiger partial charge is 0.465 e. The molecular weight excluding hydrogens is 578 g/mol. The Labute approximate surface area is 244 Å². The number of carbonyl (C=O) groups is 3. The molecule has 0 radical (unpaired) electrons. The van der Waals surface area contributed by atoms with E-state index in [9.17, 15) is 24.5 Å². The van der Waals surface area contributed by atoms with Crippen molar-refractivity contribution in [2.24, 2.45) is 0 Å². The van der Waals surface area contributed by atoms with Gasteiger partial charge in [0, 0.05) is 44.4 Å². The number of halogens is 3. The molecule has 1 amide bonds. The number of esters is 1. The molecule has 0 bridgehead atoms. The highest BCUT2D eigenvalue weighted by atomic mass is 35.5. The van der Waals surface area contributed by atoms with Gasteiger partial charge in [-0.05, 0) is 36.4 Å². The molecule has 1 unspecified atom stereocenters. The number of anilines is 2. The monoisotopic (exact) mass is 602 g/mol. The molecule has 0 aliphatic carbocycles. The van der Waals surface area contributed by atoms with E-state index >= 15 is 4.39 Å². The number of nitrogens with two attached hydrogens (primary N) is 1. The van der Waals surface area contributed by atoms with E-state index in [1.807, 2.05) is 0 Å². The minimum absolute atomic E-state index is 0. The third kappa shape index (κ3) is 4.79. The van der Waals surface area contributed by atoms with Crippen LogP contribution in [0.1, 0.15) is 51.6 Å². The SMILES string of the molecule is C.COC(=O)c1ccc(N)c(C(=O)C[C@@H]2N[C@@]3(C(=O)Nc4cc(Cl)ccc43)[C@@H](c3cccc(Cl)c3F)C2[N+](=O)[O-])c1. The van der Waals surface area contributed by atoms with Gasteiger partial charge in [0.15, 0.2) is 5.78 Å². The second-order valence-electron chi connectivity index (χ2n) is 9.52. The van der Waals surface area contributed by atoms with Crippen molar-refractivity contribution in [3.63, 3.8) is 0 Å². The van der Waals surface area contributed by atoms with Crippen LogP contribution in [0.4, 0.5) is 15.8 Å². The molecule has 2 aliphatic rings. The summed E-state index contributed by atoms with van der Waals surface area (Å²) < 4.78 is 20.2. The Hall–Kier alpha value is -4.06. The van der Waals surface area contributed by atoms with Gasteiger partial charge in [0.2, 0.25) is 11.9 Å². The van der Waals surface area contributed by atoms with E-state index in [-0.39, 0.29) is 34.8 Å². The summed E-state index contributed by atoms with van der Waals surface area (Å²) in [4.78, 5) is 51.2. The van der Waals surface area contributed by atoms with Gasteiger partial charge in [0.05, 0.1) is 29.7 Å². The molecule has 4 N–H and O–H groups in total. The topological polar surface area (TPSA) is 154 Å². The maximum Gasteiger partial charge on any atom is 0.337 e. The molecular formula is C28H25Cl2FN4O6. The van der Waals surface area contributed by atoms with Crippen molar-refractivity contribution in [1.29, 1.82) is 0 Å². The summed E-state index contributed by atoms with van der Waals surface area (Å²) in [5.41, 5.74) is 4.64. The van der Waals surface area contributed by atoms with Crippen LogP contribution in [0.2, 0.25) is 10.0 Å². The van der Waals surface area contributed by atoms with E-state index in [2.05, 4.69) is 10.6 Å². The molecule has 5 rings (SSSR count). The van der Waals surface area contributed by atoms with Crippen molar-refractivity contribution in [2.45, 2.75) is 37.4 Å². The Bertz CT molecular complexity index is 1600. The van der Waals surface area contributed by atoms with Crippen LogP contribution in [0.3, 0.4) is 0 Å². The molecule has 1 saturated heterocycles. The Morgan fingerprint density at radius 1 is 1.17 bits per heavy atom. The highest BCUT2D eigenvalue weighted by molar-refractivity contribution is 6.31. The molecule has 1 fully saturated rings. The number of nitrogens with one attached hydrogen (secondary N) is 2. The normalized spacial score (nSPS) is 22.5. The zero-order chi connectivity index (χ0) is 28.9. The van der Waals surface area contributed by atoms with Gasteiger partial charge in [0.1, 0.15) is 11.4 Å². The number of rotatable bonds is 6. The van der Waals surface area contributed by atoms with Gasteiger partial charge in [-0.3, -0.25) is 25.0 Å². The Morgan fingerprint density at radius 3 is 2.59 bits per heavy atom. The fourth-order valence-corrected chi connectivity index (χ4v) is 6.04. The first kappa shape index (κ1) is 29.9. The predicted octanol–water partition coefficient (Wildman–Crippen LogP) is 4.96. The number of ether oxygens (including phenoxy) is 1. The van der Waals surface area contributed by atoms with E-state index in [4.69, 9.17) is 33.7 Å². The van der Waals surface area contributed by atoms with Gasteiger partial charge in [-0.1, -0.05) is 48.8 Å². The van der Waals surface area contributed by atoms with Crippen molar-refractivity contribution >= 4 is 52.2 Å². The summed E-state index contributed by atoms with van der Waals surface area (Å²) in [6, 6.07) is 9.61. The fraction of sp³-hybridized carbons (Fsp3) is 0.250. The van der Waals surface area contributed by atoms with Crippen molar-refractivity contribution in [3.8, 4) is 0 Å². The molecule has 0 saturated carbocycles. The van der Waals surface area contributed by atoms with Gasteiger partial charge in [-0.2, -0.15) is 0 Å². The lowest BCUT2D eigenvalue weighted by molar-refractivity contribution is -0.526. The molecule has 214 valence electrons. The standard InChI is InChI=1S/C27H21Cl2FN4O6.CH4/c1-40-25(36)12-5-8-18(31)15(9-12)21(35)11-20-24(34(38)39)22(14-3-2-4-17(29)23(14)30)27(33-20)16-7-6-13(28)10-19(16)32-26(27)37;/h2-10,20,22,24,33H,11,31H2,1H3,(H,32,37);1H4/t20-,22-,24?,27+;/m0./s1. The number of ketones is 1. The lowest BCUT2D eigenvalue weighted by Gasteiger charge is -2.30. The van der Waals surface area contributed by atoms with Crippen LogP contribution >= 0.6 is 23.2 Å². The molecule has 4 atom stereocenters. The summed E-state index contributed by atoms with van der Waals surface area (Å²) in [6.45, 7) is 0. The summed E-state index contributed by atoms with van der Waals surface area (Å²) in [5.74, 6) is -4.35. The molecule has 41 heavy (non-hydrogen) atoms. The van der Waals surface area contributed by atoms with E-state index in [0.29, 0.717) is 16.3 Å². The fourth-order valence-electron chi connectivity index (χ4n) is 5.69. The maximum absolute atomic E-state index is 15.5. The lowest BCUT2D eigenvalue weighted by Crippen LogP contribution is -2.49. The van der Waals surface area contributed by atoms with Gasteiger partial charge in [0.25, 0.3) is 0 Å². The second-order valence-corrected chi connectivity index (χ2v) is 10.4. The predicted molar refractivity (Wildman–Crippen MR) is 151 cm³/mol. The molecule has 0 aromatic heterocycles. The average Bonchev–Trinajstić information content (AvgIpc) is 3.39. The highest BCUT2D eigenvalue weighted by Gasteiger charge is 2.67. The van der Waals surface area contributed by atoms with E-state index in [0.717, 1.165) is 0 Å². The Balaban J connectivity index is 0.00000387. The Morgan fingerprint density at radius 2 is 1.90 bits per heavy atom. The van der Waals surface area contributed by atoms with Crippen molar-refractivity contribution in [2.75, 3.05) is 18.2 Å². The molecule has 2 aliphatic heterocycles. The number of methoxy groups -OCH3 is 1. The van der Waals surface area contributed by atoms with Gasteiger partial charge >= 0.3 is 5.97 Å². The lowest BCUT2D eigenvalue weighted by atomic mass is 9.74. The maximum atomic E-state index is 15.5. The first-order valence-corrected chi connectivity index (χ1v) is 12.7. The van der Waals surface area contributed by atoms with Crippen molar-refractivity contribution < 1.29 is 28.4 Å². The zero-order valence-corrected chi connectivity index (χ0v) is 22.3. The third-order valence-electron chi connectivity index (χ3n) is 7.39. The molecule has 10 nitrogen and oxygen atoms in total. The zero-order valence-electron chi connectivity index (χ0n) is 20.7. The van der Waals surface area contributed by atoms with Crippen LogP contribution in [0.15, 0.2) is 54.6 Å². The van der Waals surface area contributed by atoms with Crippen LogP contribution in [0, 0.1) is 15.9 Å². The number of nitrogen functional groups attached to an aromatic ring is 1. The van der Waals surface area contributed by atoms with Gasteiger partial charge < -0.3 is 15.8 Å². The Kier molecular flexibility index (Phi) is 8.08. The minimum Gasteiger partial charge on any atom is -0.465 e. The minimum atomic E-state index is -1.84. The second kappa shape index (κ2) is 11.1. The number of fused-ring (bicyclic) bond motifs is 2. The molecule has 1 spiro atoms. The number of hydrogen-bond donors (Lipinski definition) is 3. The molecule has 3 aromatic rings. The third-order valence-corrected chi connectivity index (χ3v) is 7.91.